The fourth-order valence-electron chi connectivity index (χ4n) is 3.77. The average Bonchev–Trinajstić information content (AvgIpc) is 2.60. The van der Waals surface area contributed by atoms with Gasteiger partial charge in [-0.15, -0.1) is 12.4 Å². The topological polar surface area (TPSA) is 61.9 Å². The van der Waals surface area contributed by atoms with Crippen LogP contribution in [-0.4, -0.2) is 56.0 Å². The van der Waals surface area contributed by atoms with Crippen molar-refractivity contribution in [3.05, 3.63) is 22.7 Å². The van der Waals surface area contributed by atoms with Gasteiger partial charge in [-0.3, -0.25) is 9.59 Å². The van der Waals surface area contributed by atoms with Crippen molar-refractivity contribution < 1.29 is 18.4 Å². The van der Waals surface area contributed by atoms with Crippen LogP contribution in [0.2, 0.25) is 5.02 Å². The van der Waals surface area contributed by atoms with Crippen molar-refractivity contribution in [3.8, 4) is 5.75 Å². The SMILES string of the molecule is Cl.[2H]C([2H])([2H])N1C(=O)COc2c(C(=O)NC3CN4CCC3CC4)cc(Cl)cc21. The van der Waals surface area contributed by atoms with Crippen LogP contribution in [0.5, 0.6) is 5.75 Å². The lowest BCUT2D eigenvalue weighted by Crippen LogP contribution is -2.57. The summed E-state index contributed by atoms with van der Waals surface area (Å²) in [6, 6.07) is 2.83. The Morgan fingerprint density at radius 3 is 2.80 bits per heavy atom. The lowest BCUT2D eigenvalue weighted by Gasteiger charge is -2.45. The predicted molar refractivity (Wildman–Crippen MR) is 98.0 cm³/mol. The van der Waals surface area contributed by atoms with Gasteiger partial charge in [-0.2, -0.15) is 0 Å². The maximum atomic E-state index is 12.9. The van der Waals surface area contributed by atoms with E-state index in [9.17, 15) is 9.59 Å². The zero-order chi connectivity index (χ0) is 19.3. The van der Waals surface area contributed by atoms with Gasteiger partial charge in [-0.05, 0) is 44.0 Å². The van der Waals surface area contributed by atoms with Crippen LogP contribution in [0.4, 0.5) is 5.69 Å². The minimum Gasteiger partial charge on any atom is -0.481 e. The third kappa shape index (κ3) is 3.30. The van der Waals surface area contributed by atoms with Gasteiger partial charge in [0.05, 0.1) is 11.3 Å². The highest BCUT2D eigenvalue weighted by atomic mass is 35.5. The van der Waals surface area contributed by atoms with E-state index in [0.29, 0.717) is 10.8 Å². The number of carbonyl (C=O) groups is 2. The number of likely N-dealkylation sites (N-methyl/N-ethyl adjacent to an activating group) is 1. The minimum atomic E-state index is -2.69. The first-order chi connectivity index (χ1) is 12.7. The Morgan fingerprint density at radius 2 is 2.16 bits per heavy atom. The molecule has 0 saturated carbocycles. The Kier molecular flexibility index (Phi) is 4.11. The van der Waals surface area contributed by atoms with Crippen molar-refractivity contribution in [2.24, 2.45) is 5.92 Å². The Labute approximate surface area is 162 Å². The molecule has 3 saturated heterocycles. The third-order valence-corrected chi connectivity index (χ3v) is 5.30. The van der Waals surface area contributed by atoms with Gasteiger partial charge in [0, 0.05) is 28.7 Å². The number of ether oxygens (including phenoxy) is 1. The van der Waals surface area contributed by atoms with Gasteiger partial charge in [0.2, 0.25) is 0 Å². The van der Waals surface area contributed by atoms with Crippen LogP contribution >= 0.6 is 24.0 Å². The van der Waals surface area contributed by atoms with E-state index in [-0.39, 0.29) is 46.4 Å². The molecule has 1 atom stereocenters. The van der Waals surface area contributed by atoms with E-state index in [0.717, 1.165) is 32.5 Å². The van der Waals surface area contributed by atoms with Crippen LogP contribution in [0, 0.1) is 5.92 Å². The number of rotatable bonds is 2. The molecule has 1 aromatic carbocycles. The molecular formula is C17H21Cl2N3O3. The molecule has 1 unspecified atom stereocenters. The molecule has 1 aromatic rings. The second-order valence-corrected chi connectivity index (χ2v) is 6.97. The number of carbonyl (C=O) groups excluding carboxylic acids is 2. The number of nitrogens with one attached hydrogen (secondary N) is 1. The molecule has 0 aliphatic carbocycles. The lowest BCUT2D eigenvalue weighted by atomic mass is 9.84. The number of benzene rings is 1. The third-order valence-electron chi connectivity index (χ3n) is 5.08. The standard InChI is InChI=1S/C17H20ClN3O3.ClH/c1-20-14-7-11(18)6-12(16(14)24-9-15(20)22)17(23)19-13-8-21-4-2-10(13)3-5-21;/h6-7,10,13H,2-5,8-9H2,1H3,(H,19,23);1H/i1D3;. The maximum absolute atomic E-state index is 12.9. The van der Waals surface area contributed by atoms with E-state index in [2.05, 4.69) is 10.2 Å². The molecule has 1 N–H and O–H groups in total. The summed E-state index contributed by atoms with van der Waals surface area (Å²) in [5.41, 5.74) is 0.147. The summed E-state index contributed by atoms with van der Waals surface area (Å²) < 4.78 is 28.3. The summed E-state index contributed by atoms with van der Waals surface area (Å²) in [6.07, 6.45) is 2.10. The number of piperidine rings is 3. The second-order valence-electron chi connectivity index (χ2n) is 6.54. The fourth-order valence-corrected chi connectivity index (χ4v) is 3.99. The predicted octanol–water partition coefficient (Wildman–Crippen LogP) is 1.94. The van der Waals surface area contributed by atoms with Crippen LogP contribution in [0.25, 0.3) is 0 Å². The van der Waals surface area contributed by atoms with Gasteiger partial charge in [0.15, 0.2) is 12.4 Å². The first-order valence-electron chi connectivity index (χ1n) is 9.56. The molecule has 2 bridgehead atoms. The first-order valence-corrected chi connectivity index (χ1v) is 8.44. The molecule has 4 heterocycles. The first kappa shape index (κ1) is 14.6. The molecule has 3 fully saturated rings. The molecule has 5 rings (SSSR count). The molecule has 6 nitrogen and oxygen atoms in total. The molecule has 0 aromatic heterocycles. The summed E-state index contributed by atoms with van der Waals surface area (Å²) in [4.78, 5) is 28.0. The lowest BCUT2D eigenvalue weighted by molar-refractivity contribution is -0.121. The van der Waals surface area contributed by atoms with E-state index >= 15 is 0 Å². The van der Waals surface area contributed by atoms with Crippen molar-refractivity contribution in [2.75, 3.05) is 38.1 Å². The highest BCUT2D eigenvalue weighted by Gasteiger charge is 2.36. The van der Waals surface area contributed by atoms with Crippen LogP contribution in [-0.2, 0) is 4.79 Å². The Balaban J connectivity index is 0.00000225. The number of nitrogens with zero attached hydrogens (tertiary/aromatic N) is 2. The molecule has 25 heavy (non-hydrogen) atoms. The Hall–Kier alpha value is -1.50. The molecule has 2 amide bonds. The van der Waals surface area contributed by atoms with Crippen LogP contribution in [0.3, 0.4) is 0 Å². The molecule has 0 spiro atoms. The molecule has 136 valence electrons. The van der Waals surface area contributed by atoms with E-state index in [1.807, 2.05) is 0 Å². The number of hydrogen-bond acceptors (Lipinski definition) is 4. The zero-order valence-corrected chi connectivity index (χ0v) is 15.0. The van der Waals surface area contributed by atoms with E-state index < -0.39 is 19.5 Å². The van der Waals surface area contributed by atoms with Gasteiger partial charge >= 0.3 is 0 Å². The largest absolute Gasteiger partial charge is 0.481 e. The summed E-state index contributed by atoms with van der Waals surface area (Å²) in [7, 11) is 0. The smallest absolute Gasteiger partial charge is 0.264 e. The van der Waals surface area contributed by atoms with Gasteiger partial charge in [0.25, 0.3) is 11.8 Å². The van der Waals surface area contributed by atoms with Gasteiger partial charge in [0.1, 0.15) is 0 Å². The minimum absolute atomic E-state index is 0. The maximum Gasteiger partial charge on any atom is 0.264 e. The number of halogens is 2. The van der Waals surface area contributed by atoms with Gasteiger partial charge in [-0.25, -0.2) is 0 Å². The Morgan fingerprint density at radius 1 is 1.40 bits per heavy atom. The van der Waals surface area contributed by atoms with Crippen molar-refractivity contribution >= 4 is 41.5 Å². The quantitative estimate of drug-likeness (QED) is 0.840. The van der Waals surface area contributed by atoms with E-state index in [4.69, 9.17) is 20.5 Å². The van der Waals surface area contributed by atoms with Crippen LogP contribution in [0.1, 0.15) is 27.3 Å². The fraction of sp³-hybridized carbons (Fsp3) is 0.529. The summed E-state index contributed by atoms with van der Waals surface area (Å²) in [5.74, 6) is -0.551. The van der Waals surface area contributed by atoms with Crippen LogP contribution in [0.15, 0.2) is 12.1 Å². The monoisotopic (exact) mass is 388 g/mol. The molecule has 8 heteroatoms. The van der Waals surface area contributed by atoms with Gasteiger partial charge < -0.3 is 19.9 Å². The summed E-state index contributed by atoms with van der Waals surface area (Å²) >= 11 is 6.13. The highest BCUT2D eigenvalue weighted by molar-refractivity contribution is 6.31. The zero-order valence-electron chi connectivity index (χ0n) is 16.5. The summed E-state index contributed by atoms with van der Waals surface area (Å²) in [5, 5.41) is 3.21. The van der Waals surface area contributed by atoms with Crippen molar-refractivity contribution in [1.29, 1.82) is 0 Å². The van der Waals surface area contributed by atoms with Crippen molar-refractivity contribution in [3.63, 3.8) is 0 Å². The number of fused-ring (bicyclic) bond motifs is 4. The number of amides is 2. The normalized spacial score (nSPS) is 29.5. The number of hydrogen-bond donors (Lipinski definition) is 1. The van der Waals surface area contributed by atoms with Crippen molar-refractivity contribution in [1.82, 2.24) is 10.2 Å². The van der Waals surface area contributed by atoms with Crippen LogP contribution < -0.4 is 15.0 Å². The summed E-state index contributed by atoms with van der Waals surface area (Å²) in [6.45, 7) is -0.207. The number of anilines is 1. The van der Waals surface area contributed by atoms with E-state index in [1.54, 1.807) is 0 Å². The average molecular weight is 389 g/mol. The Bertz CT molecular complexity index is 798. The second kappa shape index (κ2) is 7.02. The molecule has 4 aliphatic heterocycles. The van der Waals surface area contributed by atoms with E-state index in [1.165, 1.54) is 12.1 Å². The molecule has 4 aliphatic rings. The molecular weight excluding hydrogens is 365 g/mol. The van der Waals surface area contributed by atoms with Gasteiger partial charge in [-0.1, -0.05) is 11.6 Å². The van der Waals surface area contributed by atoms with Crippen molar-refractivity contribution in [2.45, 2.75) is 18.9 Å². The molecule has 0 radical (unpaired) electrons. The highest BCUT2D eigenvalue weighted by Crippen LogP contribution is 2.38.